The van der Waals surface area contributed by atoms with E-state index in [1.54, 1.807) is 16.7 Å². The number of amides is 1. The van der Waals surface area contributed by atoms with Gasteiger partial charge in [-0.1, -0.05) is 32.0 Å². The molecule has 3 aromatic heterocycles. The molecule has 0 unspecified atom stereocenters. The summed E-state index contributed by atoms with van der Waals surface area (Å²) in [7, 11) is 0. The van der Waals surface area contributed by atoms with Crippen LogP contribution in [0.15, 0.2) is 43.0 Å². The van der Waals surface area contributed by atoms with Gasteiger partial charge in [-0.05, 0) is 36.8 Å². The van der Waals surface area contributed by atoms with Crippen molar-refractivity contribution < 1.29 is 22.8 Å². The van der Waals surface area contributed by atoms with Crippen molar-refractivity contribution in [1.82, 2.24) is 29.5 Å². The second-order valence-corrected chi connectivity index (χ2v) is 10.7. The molecule has 0 spiro atoms. The van der Waals surface area contributed by atoms with Crippen LogP contribution in [-0.2, 0) is 17.4 Å². The maximum absolute atomic E-state index is 13.4. The van der Waals surface area contributed by atoms with Crippen molar-refractivity contribution in [2.75, 3.05) is 13.1 Å². The number of carbonyl (C=O) groups is 2. The second kappa shape index (κ2) is 10.9. The quantitative estimate of drug-likeness (QED) is 0.305. The number of piperidine rings is 1. The minimum atomic E-state index is -4.58. The first kappa shape index (κ1) is 27.5. The zero-order chi connectivity index (χ0) is 28.6. The van der Waals surface area contributed by atoms with E-state index in [2.05, 4.69) is 22.0 Å². The SMILES string of the molecule is Cc1cc(Cc2nccn3c(-c4cn[nH]c4C(F)(F)F)cnc23)ccc1C(=O)C[C@@H](C)C(=O)N1CCC(C)CC1. The number of alkyl halides is 3. The van der Waals surface area contributed by atoms with Gasteiger partial charge < -0.3 is 4.90 Å². The number of halogens is 3. The molecule has 5 rings (SSSR count). The smallest absolute Gasteiger partial charge is 0.342 e. The molecular formula is C29H31F3N6O2. The molecule has 8 nitrogen and oxygen atoms in total. The number of imidazole rings is 1. The molecule has 1 atom stereocenters. The number of aromatic nitrogens is 5. The van der Waals surface area contributed by atoms with Gasteiger partial charge in [-0.2, -0.15) is 18.3 Å². The summed E-state index contributed by atoms with van der Waals surface area (Å²) in [5, 5.41) is 5.61. The molecule has 0 saturated carbocycles. The first-order valence-electron chi connectivity index (χ1n) is 13.4. The van der Waals surface area contributed by atoms with E-state index in [9.17, 15) is 22.8 Å². The molecule has 1 aliphatic heterocycles. The van der Waals surface area contributed by atoms with E-state index in [1.165, 1.54) is 12.4 Å². The number of benzene rings is 1. The number of H-pyrrole nitrogens is 1. The standard InChI is InChI=1S/C29H31F3N6O2/c1-17-6-9-37(10-7-17)28(40)19(3)13-25(39)21-5-4-20(12-18(21)2)14-23-27-34-16-24(38(27)11-8-33-23)22-15-35-36-26(22)29(30,31)32/h4-5,8,11-12,15-17,19H,6-7,9-10,13-14H2,1-3H3,(H,35,36)/t19-/m1/s1. The third-order valence-corrected chi connectivity index (χ3v) is 7.67. The number of nitrogens with one attached hydrogen (secondary N) is 1. The zero-order valence-corrected chi connectivity index (χ0v) is 22.6. The first-order valence-corrected chi connectivity index (χ1v) is 13.4. The van der Waals surface area contributed by atoms with Gasteiger partial charge >= 0.3 is 6.18 Å². The third kappa shape index (κ3) is 5.50. The molecule has 11 heteroatoms. The fourth-order valence-electron chi connectivity index (χ4n) is 5.35. The Balaban J connectivity index is 1.31. The number of carbonyl (C=O) groups excluding carboxylic acids is 2. The van der Waals surface area contributed by atoms with Crippen LogP contribution in [0.5, 0.6) is 0 Å². The molecule has 1 amide bonds. The van der Waals surface area contributed by atoms with Crippen molar-refractivity contribution in [2.24, 2.45) is 11.8 Å². The van der Waals surface area contributed by atoms with Gasteiger partial charge in [0.25, 0.3) is 0 Å². The van der Waals surface area contributed by atoms with E-state index >= 15 is 0 Å². The van der Waals surface area contributed by atoms with Gasteiger partial charge in [0.15, 0.2) is 11.4 Å². The molecule has 1 aliphatic rings. The second-order valence-electron chi connectivity index (χ2n) is 10.7. The van der Waals surface area contributed by atoms with Gasteiger partial charge in [0.2, 0.25) is 5.91 Å². The Labute approximate surface area is 229 Å². The lowest BCUT2D eigenvalue weighted by molar-refractivity contribution is -0.140. The summed E-state index contributed by atoms with van der Waals surface area (Å²) in [6.45, 7) is 7.36. The van der Waals surface area contributed by atoms with Crippen LogP contribution in [0, 0.1) is 18.8 Å². The summed E-state index contributed by atoms with van der Waals surface area (Å²) in [5.41, 5.74) is 2.47. The van der Waals surface area contributed by atoms with Crippen molar-refractivity contribution in [3.05, 3.63) is 71.1 Å². The maximum atomic E-state index is 13.4. The number of hydrogen-bond acceptors (Lipinski definition) is 5. The van der Waals surface area contributed by atoms with Crippen molar-refractivity contribution in [3.63, 3.8) is 0 Å². The molecule has 0 radical (unpaired) electrons. The minimum Gasteiger partial charge on any atom is -0.342 e. The van der Waals surface area contributed by atoms with Gasteiger partial charge in [0.05, 0.1) is 29.3 Å². The normalized spacial score (nSPS) is 15.5. The molecule has 0 bridgehead atoms. The van der Waals surface area contributed by atoms with E-state index < -0.39 is 11.9 Å². The van der Waals surface area contributed by atoms with Crippen molar-refractivity contribution in [3.8, 4) is 11.3 Å². The summed E-state index contributed by atoms with van der Waals surface area (Å²) in [6, 6.07) is 5.51. The van der Waals surface area contributed by atoms with Crippen LogP contribution >= 0.6 is 0 Å². The topological polar surface area (TPSA) is 96.2 Å². The monoisotopic (exact) mass is 552 g/mol. The van der Waals surface area contributed by atoms with Gasteiger partial charge in [-0.15, -0.1) is 0 Å². The average Bonchev–Trinajstić information content (AvgIpc) is 3.56. The number of likely N-dealkylation sites (tertiary alicyclic amines) is 1. The summed E-state index contributed by atoms with van der Waals surface area (Å²) in [6.07, 6.45) is 3.52. The van der Waals surface area contributed by atoms with E-state index in [1.807, 2.05) is 36.0 Å². The number of aryl methyl sites for hydroxylation is 1. The summed E-state index contributed by atoms with van der Waals surface area (Å²) >= 11 is 0. The van der Waals surface area contributed by atoms with E-state index in [0.29, 0.717) is 29.2 Å². The fourth-order valence-corrected chi connectivity index (χ4v) is 5.35. The van der Waals surface area contributed by atoms with Gasteiger partial charge in [0, 0.05) is 49.8 Å². The van der Waals surface area contributed by atoms with E-state index in [4.69, 9.17) is 0 Å². The molecule has 4 aromatic rings. The summed E-state index contributed by atoms with van der Waals surface area (Å²) in [4.78, 5) is 36.6. The zero-order valence-electron chi connectivity index (χ0n) is 22.6. The van der Waals surface area contributed by atoms with Crippen molar-refractivity contribution >= 4 is 17.3 Å². The number of rotatable bonds is 7. The van der Waals surface area contributed by atoms with Crippen LogP contribution in [0.4, 0.5) is 13.2 Å². The van der Waals surface area contributed by atoms with Crippen LogP contribution in [0.25, 0.3) is 16.9 Å². The van der Waals surface area contributed by atoms with Gasteiger partial charge in [-0.3, -0.25) is 24.1 Å². The lowest BCUT2D eigenvalue weighted by atomic mass is 9.93. The molecule has 1 fully saturated rings. The lowest BCUT2D eigenvalue weighted by Crippen LogP contribution is -2.41. The first-order chi connectivity index (χ1) is 19.0. The Kier molecular flexibility index (Phi) is 7.48. The molecule has 210 valence electrons. The summed E-state index contributed by atoms with van der Waals surface area (Å²) in [5.74, 6) is 0.197. The fraction of sp³-hybridized carbons (Fsp3) is 0.414. The highest BCUT2D eigenvalue weighted by Gasteiger charge is 2.36. The van der Waals surface area contributed by atoms with Crippen LogP contribution in [0.1, 0.15) is 66.0 Å². The van der Waals surface area contributed by atoms with Crippen LogP contribution < -0.4 is 0 Å². The molecule has 1 saturated heterocycles. The van der Waals surface area contributed by atoms with Crippen molar-refractivity contribution in [2.45, 2.75) is 52.6 Å². The number of aromatic amines is 1. The van der Waals surface area contributed by atoms with Gasteiger partial charge in [-0.25, -0.2) is 4.98 Å². The average molecular weight is 553 g/mol. The van der Waals surface area contributed by atoms with Gasteiger partial charge in [0.1, 0.15) is 5.69 Å². The minimum absolute atomic E-state index is 0.0329. The third-order valence-electron chi connectivity index (χ3n) is 7.67. The Morgan fingerprint density at radius 1 is 1.15 bits per heavy atom. The number of nitrogens with zero attached hydrogens (tertiary/aromatic N) is 5. The van der Waals surface area contributed by atoms with Crippen LogP contribution in [0.3, 0.4) is 0 Å². The predicted molar refractivity (Wildman–Crippen MR) is 143 cm³/mol. The Morgan fingerprint density at radius 2 is 1.90 bits per heavy atom. The molecule has 40 heavy (non-hydrogen) atoms. The predicted octanol–water partition coefficient (Wildman–Crippen LogP) is 5.50. The summed E-state index contributed by atoms with van der Waals surface area (Å²) < 4.78 is 41.8. The number of ketones is 1. The number of hydrogen-bond donors (Lipinski definition) is 1. The number of Topliss-reactive ketones (excluding diaryl/α,β-unsaturated/α-hetero) is 1. The van der Waals surface area contributed by atoms with Crippen LogP contribution in [0.2, 0.25) is 0 Å². The highest BCUT2D eigenvalue weighted by Crippen LogP contribution is 2.35. The Morgan fingerprint density at radius 3 is 2.60 bits per heavy atom. The molecule has 4 heterocycles. The molecule has 1 N–H and O–H groups in total. The number of fused-ring (bicyclic) bond motifs is 1. The Hall–Kier alpha value is -4.02. The highest BCUT2D eigenvalue weighted by atomic mass is 19.4. The largest absolute Gasteiger partial charge is 0.433 e. The maximum Gasteiger partial charge on any atom is 0.433 e. The highest BCUT2D eigenvalue weighted by molar-refractivity contribution is 5.99. The van der Waals surface area contributed by atoms with Crippen LogP contribution in [-0.4, -0.2) is 54.2 Å². The molecule has 1 aromatic carbocycles. The molecular weight excluding hydrogens is 521 g/mol. The Bertz CT molecular complexity index is 1550. The van der Waals surface area contributed by atoms with Crippen molar-refractivity contribution in [1.29, 1.82) is 0 Å². The van der Waals surface area contributed by atoms with E-state index in [0.717, 1.165) is 43.3 Å². The molecule has 0 aliphatic carbocycles. The van der Waals surface area contributed by atoms with E-state index in [-0.39, 0.29) is 35.3 Å². The lowest BCUT2D eigenvalue weighted by Gasteiger charge is -2.32.